The lowest BCUT2D eigenvalue weighted by molar-refractivity contribution is 0.0746. The van der Waals surface area contributed by atoms with Crippen LogP contribution < -0.4 is 9.64 Å². The molecule has 0 aliphatic carbocycles. The van der Waals surface area contributed by atoms with Crippen molar-refractivity contribution in [3.63, 3.8) is 0 Å². The predicted octanol–water partition coefficient (Wildman–Crippen LogP) is 3.30. The molecule has 8 nitrogen and oxygen atoms in total. The summed E-state index contributed by atoms with van der Waals surface area (Å²) in [7, 11) is -1.88. The molecular formula is C23H28N4O4S2. The van der Waals surface area contributed by atoms with Gasteiger partial charge in [0, 0.05) is 44.8 Å². The number of thiazole rings is 1. The molecule has 1 aromatic heterocycles. The zero-order chi connectivity index (χ0) is 23.6. The summed E-state index contributed by atoms with van der Waals surface area (Å²) >= 11 is 1.62. The molecule has 4 rings (SSSR count). The minimum Gasteiger partial charge on any atom is -0.497 e. The number of aromatic nitrogens is 1. The largest absolute Gasteiger partial charge is 0.497 e. The molecule has 0 spiro atoms. The molecule has 0 bridgehead atoms. The summed E-state index contributed by atoms with van der Waals surface area (Å²) in [6.45, 7) is 6.98. The Balaban J connectivity index is 1.41. The van der Waals surface area contributed by atoms with Gasteiger partial charge in [-0.05, 0) is 42.5 Å². The second-order valence-electron chi connectivity index (χ2n) is 7.72. The van der Waals surface area contributed by atoms with Crippen molar-refractivity contribution in [3.05, 3.63) is 48.0 Å². The summed E-state index contributed by atoms with van der Waals surface area (Å²) in [6.07, 6.45) is 0. The van der Waals surface area contributed by atoms with Crippen LogP contribution in [0.25, 0.3) is 10.2 Å². The number of benzene rings is 2. The summed E-state index contributed by atoms with van der Waals surface area (Å²) in [5.41, 5.74) is 1.43. The number of nitrogens with zero attached hydrogens (tertiary/aromatic N) is 4. The average molecular weight is 489 g/mol. The van der Waals surface area contributed by atoms with E-state index < -0.39 is 10.0 Å². The molecule has 2 heterocycles. The average Bonchev–Trinajstić information content (AvgIpc) is 3.27. The number of methoxy groups -OCH3 is 1. The van der Waals surface area contributed by atoms with Crippen molar-refractivity contribution in [3.8, 4) is 5.75 Å². The van der Waals surface area contributed by atoms with E-state index in [9.17, 15) is 13.2 Å². The second kappa shape index (κ2) is 9.66. The minimum absolute atomic E-state index is 0.0875. The molecule has 10 heteroatoms. The topological polar surface area (TPSA) is 83.1 Å². The van der Waals surface area contributed by atoms with Gasteiger partial charge in [-0.25, -0.2) is 13.4 Å². The summed E-state index contributed by atoms with van der Waals surface area (Å²) in [5, 5.41) is 0.941. The summed E-state index contributed by atoms with van der Waals surface area (Å²) in [6, 6.07) is 12.1. The molecule has 176 valence electrons. The number of hydrogen-bond donors (Lipinski definition) is 0. The monoisotopic (exact) mass is 488 g/mol. The maximum Gasteiger partial charge on any atom is 0.253 e. The Bertz CT molecular complexity index is 1230. The van der Waals surface area contributed by atoms with E-state index in [-0.39, 0.29) is 10.8 Å². The van der Waals surface area contributed by atoms with Gasteiger partial charge in [-0.2, -0.15) is 4.31 Å². The van der Waals surface area contributed by atoms with Crippen LogP contribution in [0.3, 0.4) is 0 Å². The molecule has 33 heavy (non-hydrogen) atoms. The summed E-state index contributed by atoms with van der Waals surface area (Å²) in [4.78, 5) is 21.9. The van der Waals surface area contributed by atoms with Crippen LogP contribution in [-0.2, 0) is 10.0 Å². The van der Waals surface area contributed by atoms with E-state index in [0.29, 0.717) is 44.8 Å². The van der Waals surface area contributed by atoms with Crippen molar-refractivity contribution >= 4 is 42.6 Å². The van der Waals surface area contributed by atoms with Gasteiger partial charge in [0.25, 0.3) is 5.91 Å². The van der Waals surface area contributed by atoms with Crippen molar-refractivity contribution in [1.29, 1.82) is 0 Å². The lowest BCUT2D eigenvalue weighted by Gasteiger charge is -2.34. The molecule has 0 atom stereocenters. The molecule has 3 aromatic rings. The maximum atomic E-state index is 13.0. The number of amides is 1. The van der Waals surface area contributed by atoms with Gasteiger partial charge >= 0.3 is 0 Å². The molecule has 1 saturated heterocycles. The number of ether oxygens (including phenoxy) is 1. The van der Waals surface area contributed by atoms with Crippen LogP contribution in [0.5, 0.6) is 5.75 Å². The maximum absolute atomic E-state index is 13.0. The molecule has 0 saturated carbocycles. The standard InChI is InChI=1S/C23H28N4O4S2/c1-4-27(5-2)33(29,30)19-9-6-17(7-10-19)22(28)25-12-14-26(15-13-25)23-24-20-11-8-18(31-3)16-21(20)32-23/h6-11,16H,4-5,12-15H2,1-3H3. The van der Waals surface area contributed by atoms with Crippen LogP contribution in [0, 0.1) is 0 Å². The van der Waals surface area contributed by atoms with Crippen LogP contribution in [0.1, 0.15) is 24.2 Å². The molecule has 2 aromatic carbocycles. The lowest BCUT2D eigenvalue weighted by Crippen LogP contribution is -2.48. The Kier molecular flexibility index (Phi) is 6.87. The molecular weight excluding hydrogens is 460 g/mol. The van der Waals surface area contributed by atoms with Crippen LogP contribution in [-0.4, -0.2) is 74.9 Å². The number of rotatable bonds is 7. The number of sulfonamides is 1. The first-order chi connectivity index (χ1) is 15.9. The predicted molar refractivity (Wildman–Crippen MR) is 131 cm³/mol. The third kappa shape index (κ3) is 4.68. The summed E-state index contributed by atoms with van der Waals surface area (Å²) in [5.74, 6) is 0.722. The second-order valence-corrected chi connectivity index (χ2v) is 10.7. The normalized spacial score (nSPS) is 14.8. The van der Waals surface area contributed by atoms with Gasteiger partial charge in [-0.1, -0.05) is 25.2 Å². The van der Waals surface area contributed by atoms with E-state index in [1.165, 1.54) is 16.4 Å². The Hall–Kier alpha value is -2.69. The van der Waals surface area contributed by atoms with E-state index >= 15 is 0 Å². The fourth-order valence-electron chi connectivity index (χ4n) is 3.92. The highest BCUT2D eigenvalue weighted by atomic mass is 32.2. The van der Waals surface area contributed by atoms with Gasteiger partial charge in [0.2, 0.25) is 10.0 Å². The van der Waals surface area contributed by atoms with Crippen molar-refractivity contribution < 1.29 is 17.9 Å². The molecule has 1 fully saturated rings. The molecule has 0 radical (unpaired) electrons. The van der Waals surface area contributed by atoms with Gasteiger partial charge in [0.1, 0.15) is 5.75 Å². The lowest BCUT2D eigenvalue weighted by atomic mass is 10.2. The molecule has 0 N–H and O–H groups in total. The number of fused-ring (bicyclic) bond motifs is 1. The zero-order valence-corrected chi connectivity index (χ0v) is 20.7. The van der Waals surface area contributed by atoms with E-state index in [4.69, 9.17) is 9.72 Å². The zero-order valence-electron chi connectivity index (χ0n) is 19.0. The van der Waals surface area contributed by atoms with Gasteiger partial charge in [0.15, 0.2) is 5.13 Å². The number of hydrogen-bond acceptors (Lipinski definition) is 7. The smallest absolute Gasteiger partial charge is 0.253 e. The third-order valence-electron chi connectivity index (χ3n) is 5.87. The first kappa shape index (κ1) is 23.5. The quantitative estimate of drug-likeness (QED) is 0.508. The number of carbonyl (C=O) groups is 1. The van der Waals surface area contributed by atoms with Crippen LogP contribution in [0.4, 0.5) is 5.13 Å². The minimum atomic E-state index is -3.53. The third-order valence-corrected chi connectivity index (χ3v) is 9.01. The Morgan fingerprint density at radius 3 is 2.33 bits per heavy atom. The van der Waals surface area contributed by atoms with Gasteiger partial charge in [-0.3, -0.25) is 4.79 Å². The van der Waals surface area contributed by atoms with E-state index in [1.807, 2.05) is 32.0 Å². The highest BCUT2D eigenvalue weighted by molar-refractivity contribution is 7.89. The fraction of sp³-hybridized carbons (Fsp3) is 0.391. The SMILES string of the molecule is CCN(CC)S(=O)(=O)c1ccc(C(=O)N2CCN(c3nc4ccc(OC)cc4s3)CC2)cc1. The van der Waals surface area contributed by atoms with E-state index in [0.717, 1.165) is 21.1 Å². The van der Waals surface area contributed by atoms with E-state index in [2.05, 4.69) is 4.90 Å². The first-order valence-electron chi connectivity index (χ1n) is 11.0. The highest BCUT2D eigenvalue weighted by Gasteiger charge is 2.25. The highest BCUT2D eigenvalue weighted by Crippen LogP contribution is 2.32. The molecule has 1 aliphatic heterocycles. The Labute approximate surface area is 198 Å². The van der Waals surface area contributed by atoms with Gasteiger partial charge in [0.05, 0.1) is 22.2 Å². The molecule has 0 unspecified atom stereocenters. The first-order valence-corrected chi connectivity index (χ1v) is 13.2. The molecule has 1 amide bonds. The van der Waals surface area contributed by atoms with Crippen molar-refractivity contribution in [1.82, 2.24) is 14.2 Å². The van der Waals surface area contributed by atoms with E-state index in [1.54, 1.807) is 35.5 Å². The van der Waals surface area contributed by atoms with Crippen LogP contribution in [0.2, 0.25) is 0 Å². The van der Waals surface area contributed by atoms with Crippen molar-refractivity contribution in [2.75, 3.05) is 51.3 Å². The van der Waals surface area contributed by atoms with Crippen molar-refractivity contribution in [2.24, 2.45) is 0 Å². The van der Waals surface area contributed by atoms with Crippen LogP contribution in [0.15, 0.2) is 47.4 Å². The van der Waals surface area contributed by atoms with Gasteiger partial charge in [-0.15, -0.1) is 0 Å². The number of piperazine rings is 1. The fourth-order valence-corrected chi connectivity index (χ4v) is 6.42. The van der Waals surface area contributed by atoms with Gasteiger partial charge < -0.3 is 14.5 Å². The Morgan fingerprint density at radius 1 is 1.06 bits per heavy atom. The Morgan fingerprint density at radius 2 is 1.73 bits per heavy atom. The number of carbonyl (C=O) groups excluding carboxylic acids is 1. The molecule has 1 aliphatic rings. The number of anilines is 1. The van der Waals surface area contributed by atoms with Crippen molar-refractivity contribution in [2.45, 2.75) is 18.7 Å². The van der Waals surface area contributed by atoms with Crippen LogP contribution >= 0.6 is 11.3 Å². The summed E-state index contributed by atoms with van der Waals surface area (Å²) < 4.78 is 33.1.